The summed E-state index contributed by atoms with van der Waals surface area (Å²) < 4.78 is 15.3. The molecule has 7 heteroatoms. The molecule has 0 unspecified atom stereocenters. The first-order valence-corrected chi connectivity index (χ1v) is 21.0. The Morgan fingerprint density at radius 1 is 0.349 bits per heavy atom. The van der Waals surface area contributed by atoms with Crippen molar-refractivity contribution in [2.45, 2.75) is 0 Å². The monoisotopic (exact) mass is 807 g/mol. The number of furan rings is 1. The summed E-state index contributed by atoms with van der Waals surface area (Å²) >= 11 is 0. The Kier molecular flexibility index (Phi) is 7.77. The number of hydrogen-bond donors (Lipinski definition) is 0. The first kappa shape index (κ1) is 35.1. The first-order chi connectivity index (χ1) is 31.2. The third kappa shape index (κ3) is 5.75. The second kappa shape index (κ2) is 13.9. The van der Waals surface area contributed by atoms with Crippen LogP contribution in [0.3, 0.4) is 0 Å². The molecule has 0 N–H and O–H groups in total. The summed E-state index contributed by atoms with van der Waals surface area (Å²) in [5, 5.41) is 6.29. The van der Waals surface area contributed by atoms with Crippen molar-refractivity contribution in [1.82, 2.24) is 24.5 Å². The molecule has 63 heavy (non-hydrogen) atoms. The maximum Gasteiger partial charge on any atom is 0.227 e. The third-order valence-corrected chi connectivity index (χ3v) is 12.1. The minimum atomic E-state index is 0.577. The Hall–Kier alpha value is -8.68. The van der Waals surface area contributed by atoms with Crippen LogP contribution in [0.5, 0.6) is 0 Å². The first-order valence-electron chi connectivity index (χ1n) is 21.0. The molecule has 13 aromatic rings. The molecule has 0 saturated carbocycles. The van der Waals surface area contributed by atoms with Crippen LogP contribution in [0.15, 0.2) is 209 Å². The second-order valence-electron chi connectivity index (χ2n) is 15.8. The molecule has 0 spiro atoms. The third-order valence-electron chi connectivity index (χ3n) is 12.1. The molecule has 0 aliphatic heterocycles. The average molecular weight is 808 g/mol. The van der Waals surface area contributed by atoms with Crippen molar-refractivity contribution in [3.05, 3.63) is 200 Å². The van der Waals surface area contributed by atoms with Gasteiger partial charge in [0, 0.05) is 49.5 Å². The number of rotatable bonds is 6. The standard InChI is InChI=1S/C56H33N5O2/c1-3-12-34(13-4-1)35-22-24-36(25-23-35)53-58-54(39-16-11-17-41(33-39)61-47-20-9-7-18-43(47)44-19-8-10-21-48(44)61)60-55(59-53)40-27-28-42-38(32-40)26-29-45-50-49(62-51(42)45)31-30-46-52(50)63-56(57-46)37-14-5-2-6-15-37/h1-33H. The van der Waals surface area contributed by atoms with Crippen molar-refractivity contribution in [1.29, 1.82) is 0 Å². The lowest BCUT2D eigenvalue weighted by Crippen LogP contribution is -2.01. The number of aromatic nitrogens is 5. The maximum atomic E-state index is 6.59. The van der Waals surface area contributed by atoms with Gasteiger partial charge in [-0.15, -0.1) is 0 Å². The summed E-state index contributed by atoms with van der Waals surface area (Å²) in [6.45, 7) is 0. The molecule has 0 bridgehead atoms. The molecule has 13 rings (SSSR count). The molecule has 0 radical (unpaired) electrons. The molecule has 0 amide bonds. The van der Waals surface area contributed by atoms with Crippen LogP contribution in [-0.2, 0) is 0 Å². The van der Waals surface area contributed by atoms with E-state index < -0.39 is 0 Å². The molecule has 0 fully saturated rings. The van der Waals surface area contributed by atoms with Gasteiger partial charge in [0.1, 0.15) is 16.7 Å². The average Bonchev–Trinajstić information content (AvgIpc) is 4.07. The lowest BCUT2D eigenvalue weighted by atomic mass is 10.0. The fraction of sp³-hybridized carbons (Fsp3) is 0. The van der Waals surface area contributed by atoms with E-state index in [0.29, 0.717) is 28.9 Å². The molecule has 0 aliphatic rings. The van der Waals surface area contributed by atoms with Crippen molar-refractivity contribution in [3.63, 3.8) is 0 Å². The molecule has 0 saturated heterocycles. The highest BCUT2D eigenvalue weighted by molar-refractivity contribution is 6.21. The van der Waals surface area contributed by atoms with E-state index >= 15 is 0 Å². The Bertz CT molecular complexity index is 3850. The molecule has 7 nitrogen and oxygen atoms in total. The van der Waals surface area contributed by atoms with Crippen LogP contribution in [0.4, 0.5) is 0 Å². The second-order valence-corrected chi connectivity index (χ2v) is 15.8. The SMILES string of the molecule is c1ccc(-c2ccc(-c3nc(-c4cccc(-n5c6ccccc6c6ccccc65)c4)nc(-c4ccc5c(ccc6c5oc5ccc7nc(-c8ccccc8)oc7c56)c4)n3)cc2)cc1. The Morgan fingerprint density at radius 3 is 1.65 bits per heavy atom. The number of fused-ring (bicyclic) bond motifs is 10. The molecule has 9 aromatic carbocycles. The number of para-hydroxylation sites is 2. The van der Waals surface area contributed by atoms with Crippen LogP contribution in [0.25, 0.3) is 128 Å². The molecular weight excluding hydrogens is 775 g/mol. The van der Waals surface area contributed by atoms with Gasteiger partial charge in [0.2, 0.25) is 5.89 Å². The van der Waals surface area contributed by atoms with E-state index in [1.54, 1.807) is 0 Å². The quantitative estimate of drug-likeness (QED) is 0.166. The lowest BCUT2D eigenvalue weighted by molar-refractivity contribution is 0.622. The molecule has 294 valence electrons. The fourth-order valence-corrected chi connectivity index (χ4v) is 9.07. The van der Waals surface area contributed by atoms with Gasteiger partial charge in [-0.2, -0.15) is 0 Å². The van der Waals surface area contributed by atoms with E-state index in [2.05, 4.69) is 156 Å². The van der Waals surface area contributed by atoms with E-state index in [1.165, 1.54) is 10.8 Å². The highest BCUT2D eigenvalue weighted by atomic mass is 16.4. The van der Waals surface area contributed by atoms with Gasteiger partial charge in [0.15, 0.2) is 23.1 Å². The molecule has 0 aliphatic carbocycles. The smallest absolute Gasteiger partial charge is 0.227 e. The Balaban J connectivity index is 0.953. The highest BCUT2D eigenvalue weighted by Gasteiger charge is 2.20. The largest absolute Gasteiger partial charge is 0.455 e. The normalized spacial score (nSPS) is 11.8. The van der Waals surface area contributed by atoms with E-state index in [-0.39, 0.29) is 0 Å². The molecular formula is C56H33N5O2. The zero-order valence-electron chi connectivity index (χ0n) is 33.6. The predicted octanol–water partition coefficient (Wildman–Crippen LogP) is 14.5. The summed E-state index contributed by atoms with van der Waals surface area (Å²) in [5.74, 6) is 2.34. The van der Waals surface area contributed by atoms with Gasteiger partial charge in [0.05, 0.1) is 16.4 Å². The number of benzene rings is 9. The van der Waals surface area contributed by atoms with Crippen LogP contribution in [0.2, 0.25) is 0 Å². The van der Waals surface area contributed by atoms with Crippen molar-refractivity contribution >= 4 is 65.6 Å². The molecule has 4 heterocycles. The van der Waals surface area contributed by atoms with Crippen LogP contribution in [-0.4, -0.2) is 24.5 Å². The van der Waals surface area contributed by atoms with Crippen LogP contribution in [0, 0.1) is 0 Å². The van der Waals surface area contributed by atoms with Crippen LogP contribution >= 0.6 is 0 Å². The van der Waals surface area contributed by atoms with Crippen molar-refractivity contribution in [2.75, 3.05) is 0 Å². The van der Waals surface area contributed by atoms with Crippen molar-refractivity contribution < 1.29 is 8.83 Å². The topological polar surface area (TPSA) is 82.8 Å². The van der Waals surface area contributed by atoms with Crippen molar-refractivity contribution in [2.24, 2.45) is 0 Å². The molecule has 0 atom stereocenters. The number of nitrogens with zero attached hydrogens (tertiary/aromatic N) is 5. The van der Waals surface area contributed by atoms with E-state index in [4.69, 9.17) is 28.8 Å². The minimum absolute atomic E-state index is 0.577. The summed E-state index contributed by atoms with van der Waals surface area (Å²) in [7, 11) is 0. The number of hydrogen-bond acceptors (Lipinski definition) is 6. The zero-order valence-corrected chi connectivity index (χ0v) is 33.6. The van der Waals surface area contributed by atoms with E-state index in [9.17, 15) is 0 Å². The van der Waals surface area contributed by atoms with E-state index in [1.807, 2.05) is 48.5 Å². The highest BCUT2D eigenvalue weighted by Crippen LogP contribution is 2.41. The van der Waals surface area contributed by atoms with E-state index in [0.717, 1.165) is 88.3 Å². The van der Waals surface area contributed by atoms with Gasteiger partial charge in [0.25, 0.3) is 0 Å². The van der Waals surface area contributed by atoms with Gasteiger partial charge < -0.3 is 13.4 Å². The van der Waals surface area contributed by atoms with Crippen LogP contribution in [0.1, 0.15) is 0 Å². The van der Waals surface area contributed by atoms with Crippen LogP contribution < -0.4 is 0 Å². The Labute approximate surface area is 360 Å². The summed E-state index contributed by atoms with van der Waals surface area (Å²) in [6.07, 6.45) is 0. The summed E-state index contributed by atoms with van der Waals surface area (Å²) in [5.41, 5.74) is 12.2. The van der Waals surface area contributed by atoms with Gasteiger partial charge in [-0.1, -0.05) is 133 Å². The van der Waals surface area contributed by atoms with Gasteiger partial charge in [-0.3, -0.25) is 0 Å². The van der Waals surface area contributed by atoms with Gasteiger partial charge >= 0.3 is 0 Å². The number of oxazole rings is 1. The lowest BCUT2D eigenvalue weighted by Gasteiger charge is -2.12. The van der Waals surface area contributed by atoms with Gasteiger partial charge in [-0.25, -0.2) is 19.9 Å². The maximum absolute atomic E-state index is 6.59. The zero-order chi connectivity index (χ0) is 41.4. The van der Waals surface area contributed by atoms with Gasteiger partial charge in [-0.05, 0) is 83.2 Å². The predicted molar refractivity (Wildman–Crippen MR) is 254 cm³/mol. The van der Waals surface area contributed by atoms with Crippen molar-refractivity contribution in [3.8, 4) is 62.4 Å². The summed E-state index contributed by atoms with van der Waals surface area (Å²) in [4.78, 5) is 20.3. The summed E-state index contributed by atoms with van der Waals surface area (Å²) in [6, 6.07) is 68.8. The Morgan fingerprint density at radius 2 is 0.921 bits per heavy atom. The minimum Gasteiger partial charge on any atom is -0.455 e. The fourth-order valence-electron chi connectivity index (χ4n) is 9.07. The molecule has 4 aromatic heterocycles.